The highest BCUT2D eigenvalue weighted by molar-refractivity contribution is 5.00. The van der Waals surface area contributed by atoms with E-state index in [1.165, 1.54) is 0 Å². The monoisotopic (exact) mass is 154 g/mol. The molecule has 0 unspecified atom stereocenters. The van der Waals surface area contributed by atoms with Gasteiger partial charge in [0.1, 0.15) is 0 Å². The minimum atomic E-state index is -0.565. The largest absolute Gasteiger partial charge is 0.390 e. The maximum atomic E-state index is 9.37. The van der Waals surface area contributed by atoms with Crippen LogP contribution in [0.3, 0.4) is 0 Å². The maximum Gasteiger partial charge on any atom is 0.0594 e. The molecule has 0 spiro atoms. The van der Waals surface area contributed by atoms with Crippen molar-refractivity contribution < 1.29 is 5.11 Å². The van der Waals surface area contributed by atoms with E-state index < -0.39 is 5.60 Å². The van der Waals surface area contributed by atoms with Crippen molar-refractivity contribution in [3.63, 3.8) is 0 Å². The van der Waals surface area contributed by atoms with Crippen molar-refractivity contribution in [3.8, 4) is 0 Å². The summed E-state index contributed by atoms with van der Waals surface area (Å²) >= 11 is 0. The molecule has 0 atom stereocenters. The van der Waals surface area contributed by atoms with Crippen LogP contribution in [0.4, 0.5) is 0 Å². The molecule has 1 heteroatoms. The lowest BCUT2D eigenvalue weighted by molar-refractivity contribution is 0.0713. The van der Waals surface area contributed by atoms with Gasteiger partial charge in [-0.2, -0.15) is 0 Å². The summed E-state index contributed by atoms with van der Waals surface area (Å²) < 4.78 is 0. The molecule has 0 aliphatic rings. The van der Waals surface area contributed by atoms with Crippen molar-refractivity contribution in [2.75, 3.05) is 0 Å². The molecule has 0 aliphatic carbocycles. The van der Waals surface area contributed by atoms with Gasteiger partial charge in [0.15, 0.2) is 0 Å². The second-order valence-electron chi connectivity index (χ2n) is 3.56. The molecule has 64 valence electrons. The zero-order valence-corrected chi connectivity index (χ0v) is 7.56. The summed E-state index contributed by atoms with van der Waals surface area (Å²) in [5.74, 6) is 0. The predicted molar refractivity (Wildman–Crippen MR) is 49.5 cm³/mol. The number of rotatable bonds is 5. The van der Waals surface area contributed by atoms with Crippen LogP contribution in [0.2, 0.25) is 0 Å². The smallest absolute Gasteiger partial charge is 0.0594 e. The lowest BCUT2D eigenvalue weighted by Crippen LogP contribution is -2.17. The normalized spacial score (nSPS) is 11.2. The Bertz CT molecular complexity index is 139. The first-order chi connectivity index (χ1) is 4.95. The molecule has 0 radical (unpaired) electrons. The molecule has 0 saturated carbocycles. The van der Waals surface area contributed by atoms with Gasteiger partial charge in [0, 0.05) is 0 Å². The van der Waals surface area contributed by atoms with E-state index in [2.05, 4.69) is 13.2 Å². The predicted octanol–water partition coefficient (Wildman–Crippen LogP) is 2.67. The third kappa shape index (κ3) is 7.34. The van der Waals surface area contributed by atoms with E-state index in [1.54, 1.807) is 0 Å². The van der Waals surface area contributed by atoms with Crippen LogP contribution < -0.4 is 0 Å². The molecule has 0 bridgehead atoms. The average molecular weight is 154 g/mol. The van der Waals surface area contributed by atoms with Crippen LogP contribution in [0.25, 0.3) is 0 Å². The third-order valence-electron chi connectivity index (χ3n) is 1.52. The first-order valence-corrected chi connectivity index (χ1v) is 3.95. The van der Waals surface area contributed by atoms with Crippen LogP contribution in [0.5, 0.6) is 0 Å². The minimum absolute atomic E-state index is 0.565. The maximum absolute atomic E-state index is 9.37. The molecule has 0 rings (SSSR count). The van der Waals surface area contributed by atoms with E-state index in [9.17, 15) is 5.11 Å². The first-order valence-electron chi connectivity index (χ1n) is 3.95. The summed E-state index contributed by atoms with van der Waals surface area (Å²) in [4.78, 5) is 0. The van der Waals surface area contributed by atoms with Crippen molar-refractivity contribution in [3.05, 3.63) is 24.8 Å². The molecular formula is C10H18O. The van der Waals surface area contributed by atoms with Crippen LogP contribution in [-0.2, 0) is 0 Å². The molecule has 0 aromatic rings. The molecule has 0 aromatic carbocycles. The first kappa shape index (κ1) is 10.4. The summed E-state index contributed by atoms with van der Waals surface area (Å²) in [6.07, 6.45) is 4.36. The highest BCUT2D eigenvalue weighted by atomic mass is 16.3. The highest BCUT2D eigenvalue weighted by Crippen LogP contribution is 2.16. The SMILES string of the molecule is C=CCC(=C)CCC(C)(C)O. The van der Waals surface area contributed by atoms with Gasteiger partial charge in [0.2, 0.25) is 0 Å². The number of allylic oxidation sites excluding steroid dienone is 2. The van der Waals surface area contributed by atoms with E-state index >= 15 is 0 Å². The second-order valence-corrected chi connectivity index (χ2v) is 3.56. The fourth-order valence-electron chi connectivity index (χ4n) is 0.789. The zero-order chi connectivity index (χ0) is 8.91. The number of hydrogen-bond acceptors (Lipinski definition) is 1. The topological polar surface area (TPSA) is 20.2 Å². The molecule has 11 heavy (non-hydrogen) atoms. The molecule has 1 nitrogen and oxygen atoms in total. The van der Waals surface area contributed by atoms with Gasteiger partial charge < -0.3 is 5.11 Å². The summed E-state index contributed by atoms with van der Waals surface area (Å²) in [5, 5.41) is 9.37. The van der Waals surface area contributed by atoms with Crippen molar-refractivity contribution in [1.29, 1.82) is 0 Å². The van der Waals surface area contributed by atoms with Crippen molar-refractivity contribution in [2.24, 2.45) is 0 Å². The zero-order valence-electron chi connectivity index (χ0n) is 7.56. The Kier molecular flexibility index (Phi) is 4.12. The fourth-order valence-corrected chi connectivity index (χ4v) is 0.789. The van der Waals surface area contributed by atoms with Gasteiger partial charge in [-0.3, -0.25) is 0 Å². The van der Waals surface area contributed by atoms with E-state index in [1.807, 2.05) is 19.9 Å². The van der Waals surface area contributed by atoms with Crippen LogP contribution in [0, 0.1) is 0 Å². The molecule has 0 aliphatic heterocycles. The van der Waals surface area contributed by atoms with E-state index in [4.69, 9.17) is 0 Å². The van der Waals surface area contributed by atoms with Gasteiger partial charge in [-0.15, -0.1) is 6.58 Å². The fraction of sp³-hybridized carbons (Fsp3) is 0.600. The van der Waals surface area contributed by atoms with Crippen molar-refractivity contribution in [1.82, 2.24) is 0 Å². The van der Waals surface area contributed by atoms with E-state index in [0.29, 0.717) is 0 Å². The van der Waals surface area contributed by atoms with Gasteiger partial charge in [-0.1, -0.05) is 18.2 Å². The van der Waals surface area contributed by atoms with Gasteiger partial charge in [0.25, 0.3) is 0 Å². The van der Waals surface area contributed by atoms with Crippen molar-refractivity contribution >= 4 is 0 Å². The summed E-state index contributed by atoms with van der Waals surface area (Å²) in [5.41, 5.74) is 0.575. The molecule has 0 amide bonds. The van der Waals surface area contributed by atoms with Gasteiger partial charge >= 0.3 is 0 Å². The van der Waals surface area contributed by atoms with Crippen LogP contribution in [-0.4, -0.2) is 10.7 Å². The minimum Gasteiger partial charge on any atom is -0.390 e. The Morgan fingerprint density at radius 2 is 2.09 bits per heavy atom. The van der Waals surface area contributed by atoms with Gasteiger partial charge in [-0.25, -0.2) is 0 Å². The van der Waals surface area contributed by atoms with Gasteiger partial charge in [-0.05, 0) is 33.1 Å². The molecule has 0 fully saturated rings. The molecule has 0 aromatic heterocycles. The lowest BCUT2D eigenvalue weighted by Gasteiger charge is -2.16. The Labute approximate surface area is 69.4 Å². The summed E-state index contributed by atoms with van der Waals surface area (Å²) in [7, 11) is 0. The Balaban J connectivity index is 3.54. The Morgan fingerprint density at radius 3 is 2.45 bits per heavy atom. The van der Waals surface area contributed by atoms with E-state index in [-0.39, 0.29) is 0 Å². The van der Waals surface area contributed by atoms with Crippen LogP contribution in [0.15, 0.2) is 24.8 Å². The molecule has 0 saturated heterocycles. The third-order valence-corrected chi connectivity index (χ3v) is 1.52. The van der Waals surface area contributed by atoms with Crippen LogP contribution in [0.1, 0.15) is 33.1 Å². The summed E-state index contributed by atoms with van der Waals surface area (Å²) in [6.45, 7) is 11.1. The van der Waals surface area contributed by atoms with Gasteiger partial charge in [0.05, 0.1) is 5.60 Å². The lowest BCUT2D eigenvalue weighted by atomic mass is 9.98. The molecular weight excluding hydrogens is 136 g/mol. The average Bonchev–Trinajstić information content (AvgIpc) is 1.83. The van der Waals surface area contributed by atoms with E-state index in [0.717, 1.165) is 24.8 Å². The molecule has 0 heterocycles. The Morgan fingerprint density at radius 1 is 1.55 bits per heavy atom. The highest BCUT2D eigenvalue weighted by Gasteiger charge is 2.11. The second kappa shape index (κ2) is 4.35. The quantitative estimate of drug-likeness (QED) is 0.604. The number of aliphatic hydroxyl groups is 1. The number of hydrogen-bond donors (Lipinski definition) is 1. The molecule has 1 N–H and O–H groups in total. The summed E-state index contributed by atoms with van der Waals surface area (Å²) in [6, 6.07) is 0. The van der Waals surface area contributed by atoms with Crippen molar-refractivity contribution in [2.45, 2.75) is 38.7 Å². The standard InChI is InChI=1S/C10H18O/c1-5-6-9(2)7-8-10(3,4)11/h5,11H,1-2,6-8H2,3-4H3. The Hall–Kier alpha value is -0.560. The van der Waals surface area contributed by atoms with Crippen LogP contribution >= 0.6 is 0 Å².